The van der Waals surface area contributed by atoms with Crippen LogP contribution in [0.15, 0.2) is 0 Å². The maximum absolute atomic E-state index is 5.77. The lowest BCUT2D eigenvalue weighted by molar-refractivity contribution is -0.141. The van der Waals surface area contributed by atoms with Crippen LogP contribution in [0.2, 0.25) is 0 Å². The lowest BCUT2D eigenvalue weighted by atomic mass is 9.94. The predicted molar refractivity (Wildman–Crippen MR) is 55.3 cm³/mol. The van der Waals surface area contributed by atoms with Crippen molar-refractivity contribution in [3.8, 4) is 0 Å². The van der Waals surface area contributed by atoms with Crippen molar-refractivity contribution in [2.24, 2.45) is 0 Å². The van der Waals surface area contributed by atoms with Gasteiger partial charge in [-0.25, -0.2) is 0 Å². The second kappa shape index (κ2) is 5.15. The van der Waals surface area contributed by atoms with Crippen LogP contribution in [0.5, 0.6) is 0 Å². The Labute approximate surface area is 87.5 Å². The molecule has 3 atom stereocenters. The Balaban J connectivity index is 2.35. The minimum atomic E-state index is -0.360. The summed E-state index contributed by atoms with van der Waals surface area (Å²) in [5, 5.41) is 0. The van der Waals surface area contributed by atoms with E-state index in [1.54, 1.807) is 0 Å². The fraction of sp³-hybridized carbons (Fsp3) is 1.00. The minimum absolute atomic E-state index is 0.0428. The second-order valence-electron chi connectivity index (χ2n) is 4.17. The highest BCUT2D eigenvalue weighted by Gasteiger charge is 2.33. The minimum Gasteiger partial charge on any atom is -0.374 e. The molecule has 14 heavy (non-hydrogen) atoms. The van der Waals surface area contributed by atoms with Gasteiger partial charge in [-0.1, -0.05) is 0 Å². The molecule has 80 valence electrons. The topological polar surface area (TPSA) is 27.7 Å². The normalized spacial score (nSPS) is 33.1. The molecule has 1 unspecified atom stereocenters. The van der Waals surface area contributed by atoms with Crippen LogP contribution in [-0.2, 0) is 14.2 Å². The van der Waals surface area contributed by atoms with E-state index in [4.69, 9.17) is 22.1 Å². The van der Waals surface area contributed by atoms with E-state index in [9.17, 15) is 0 Å². The molecule has 1 rings (SSSR count). The van der Waals surface area contributed by atoms with Crippen LogP contribution in [0, 0.1) is 0 Å². The highest BCUT2D eigenvalue weighted by atomic mass is 16.7. The van der Waals surface area contributed by atoms with Crippen molar-refractivity contribution in [2.75, 3.05) is 0 Å². The van der Waals surface area contributed by atoms with E-state index in [-0.39, 0.29) is 30.6 Å². The van der Waals surface area contributed by atoms with Gasteiger partial charge in [0.1, 0.15) is 7.85 Å². The van der Waals surface area contributed by atoms with Gasteiger partial charge in [0.05, 0.1) is 18.3 Å². The van der Waals surface area contributed by atoms with Gasteiger partial charge >= 0.3 is 0 Å². The molecular formula is C10H19BO3. The summed E-state index contributed by atoms with van der Waals surface area (Å²) in [6.07, 6.45) is 0.794. The third kappa shape index (κ3) is 3.60. The first-order valence-electron chi connectivity index (χ1n) is 5.21. The van der Waals surface area contributed by atoms with E-state index in [1.165, 1.54) is 0 Å². The summed E-state index contributed by atoms with van der Waals surface area (Å²) in [5.74, 6) is 0. The lowest BCUT2D eigenvalue weighted by Gasteiger charge is -2.17. The molecule has 1 saturated heterocycles. The van der Waals surface area contributed by atoms with Crippen LogP contribution in [-0.4, -0.2) is 38.5 Å². The van der Waals surface area contributed by atoms with Gasteiger partial charge in [-0.15, -0.1) is 0 Å². The van der Waals surface area contributed by atoms with Crippen molar-refractivity contribution in [1.29, 1.82) is 0 Å². The van der Waals surface area contributed by atoms with Crippen LogP contribution in [0.3, 0.4) is 0 Å². The van der Waals surface area contributed by atoms with Crippen molar-refractivity contribution in [3.63, 3.8) is 0 Å². The molecule has 1 aliphatic rings. The zero-order valence-corrected chi connectivity index (χ0v) is 9.40. The monoisotopic (exact) mass is 198 g/mol. The maximum atomic E-state index is 5.77. The SMILES string of the molecule is [B][C@@H]1O[C@H](OC(C)C)CC1OC(C)C. The molecule has 1 heterocycles. The summed E-state index contributed by atoms with van der Waals surface area (Å²) in [6, 6.07) is -0.360. The molecule has 0 aromatic carbocycles. The Kier molecular flexibility index (Phi) is 4.42. The highest BCUT2D eigenvalue weighted by molar-refractivity contribution is 6.11. The summed E-state index contributed by atoms with van der Waals surface area (Å²) in [5.41, 5.74) is 0. The van der Waals surface area contributed by atoms with Crippen LogP contribution >= 0.6 is 0 Å². The number of rotatable bonds is 4. The summed E-state index contributed by atoms with van der Waals surface area (Å²) in [6.45, 7) is 7.93. The first kappa shape index (κ1) is 12.0. The fourth-order valence-electron chi connectivity index (χ4n) is 1.52. The molecule has 0 saturated carbocycles. The molecule has 0 aliphatic carbocycles. The zero-order valence-electron chi connectivity index (χ0n) is 9.40. The molecule has 0 amide bonds. The van der Waals surface area contributed by atoms with Gasteiger partial charge in [-0.2, -0.15) is 0 Å². The molecule has 0 N–H and O–H groups in total. The van der Waals surface area contributed by atoms with E-state index < -0.39 is 0 Å². The first-order chi connectivity index (χ1) is 6.49. The van der Waals surface area contributed by atoms with Gasteiger partial charge in [-0.05, 0) is 27.7 Å². The van der Waals surface area contributed by atoms with E-state index in [0.29, 0.717) is 0 Å². The Bertz CT molecular complexity index is 173. The molecule has 0 spiro atoms. The molecule has 1 fully saturated rings. The number of hydrogen-bond donors (Lipinski definition) is 0. The predicted octanol–water partition coefficient (Wildman–Crippen LogP) is 1.45. The maximum Gasteiger partial charge on any atom is 0.159 e. The third-order valence-corrected chi connectivity index (χ3v) is 1.97. The molecule has 1 aliphatic heterocycles. The van der Waals surface area contributed by atoms with Gasteiger partial charge < -0.3 is 14.2 Å². The number of hydrogen-bond acceptors (Lipinski definition) is 3. The van der Waals surface area contributed by atoms with Crippen molar-refractivity contribution >= 4 is 7.85 Å². The van der Waals surface area contributed by atoms with Gasteiger partial charge in [0.15, 0.2) is 6.29 Å². The average molecular weight is 198 g/mol. The third-order valence-electron chi connectivity index (χ3n) is 1.97. The molecule has 3 nitrogen and oxygen atoms in total. The Hall–Kier alpha value is -0.0551. The van der Waals surface area contributed by atoms with Crippen LogP contribution < -0.4 is 0 Å². The van der Waals surface area contributed by atoms with Crippen molar-refractivity contribution < 1.29 is 14.2 Å². The van der Waals surface area contributed by atoms with Crippen LogP contribution in [0.1, 0.15) is 34.1 Å². The zero-order chi connectivity index (χ0) is 10.7. The Morgan fingerprint density at radius 2 is 1.71 bits per heavy atom. The molecule has 2 radical (unpaired) electrons. The van der Waals surface area contributed by atoms with Crippen molar-refractivity contribution in [2.45, 2.75) is 64.7 Å². The molecule has 0 aromatic heterocycles. The molecule has 0 aromatic rings. The van der Waals surface area contributed by atoms with E-state index in [1.807, 2.05) is 27.7 Å². The highest BCUT2D eigenvalue weighted by Crippen LogP contribution is 2.24. The lowest BCUT2D eigenvalue weighted by Crippen LogP contribution is -2.27. The summed E-state index contributed by atoms with van der Waals surface area (Å²) < 4.78 is 16.5. The van der Waals surface area contributed by atoms with Gasteiger partial charge in [0.25, 0.3) is 0 Å². The molecule has 0 bridgehead atoms. The van der Waals surface area contributed by atoms with Crippen molar-refractivity contribution in [1.82, 2.24) is 0 Å². The Morgan fingerprint density at radius 3 is 2.21 bits per heavy atom. The van der Waals surface area contributed by atoms with Gasteiger partial charge in [0, 0.05) is 12.4 Å². The standard InChI is InChI=1S/C10H19BO3/c1-6(2)12-8-5-9(13-7(3)4)14-10(8)11/h6-10H,5H2,1-4H3/t8?,9-,10+/m0/s1. The Morgan fingerprint density at radius 1 is 1.14 bits per heavy atom. The smallest absolute Gasteiger partial charge is 0.159 e. The van der Waals surface area contributed by atoms with E-state index in [0.717, 1.165) is 6.42 Å². The quantitative estimate of drug-likeness (QED) is 0.639. The molecular weight excluding hydrogens is 179 g/mol. The van der Waals surface area contributed by atoms with Crippen LogP contribution in [0.4, 0.5) is 0 Å². The second-order valence-corrected chi connectivity index (χ2v) is 4.17. The fourth-order valence-corrected chi connectivity index (χ4v) is 1.52. The van der Waals surface area contributed by atoms with Crippen molar-refractivity contribution in [3.05, 3.63) is 0 Å². The first-order valence-corrected chi connectivity index (χ1v) is 5.21. The van der Waals surface area contributed by atoms with E-state index in [2.05, 4.69) is 0 Å². The largest absolute Gasteiger partial charge is 0.374 e. The van der Waals surface area contributed by atoms with Gasteiger partial charge in [-0.3, -0.25) is 0 Å². The average Bonchev–Trinajstić information content (AvgIpc) is 2.28. The number of ether oxygens (including phenoxy) is 3. The summed E-state index contributed by atoms with van der Waals surface area (Å²) in [7, 11) is 5.77. The summed E-state index contributed by atoms with van der Waals surface area (Å²) in [4.78, 5) is 0. The van der Waals surface area contributed by atoms with Crippen LogP contribution in [0.25, 0.3) is 0 Å². The summed E-state index contributed by atoms with van der Waals surface area (Å²) >= 11 is 0. The van der Waals surface area contributed by atoms with Gasteiger partial charge in [0.2, 0.25) is 0 Å². The van der Waals surface area contributed by atoms with E-state index >= 15 is 0 Å². The molecule has 4 heteroatoms.